The van der Waals surface area contributed by atoms with Gasteiger partial charge < -0.3 is 10.6 Å². The van der Waals surface area contributed by atoms with Gasteiger partial charge in [-0.25, -0.2) is 0 Å². The van der Waals surface area contributed by atoms with Crippen molar-refractivity contribution in [3.63, 3.8) is 0 Å². The molecule has 0 saturated carbocycles. The molecule has 1 fully saturated rings. The second-order valence-electron chi connectivity index (χ2n) is 3.91. The van der Waals surface area contributed by atoms with Gasteiger partial charge in [-0.05, 0) is 18.2 Å². The number of halogens is 1. The van der Waals surface area contributed by atoms with Gasteiger partial charge in [-0.15, -0.1) is 6.58 Å². The van der Waals surface area contributed by atoms with Gasteiger partial charge in [0, 0.05) is 23.4 Å². The van der Waals surface area contributed by atoms with Gasteiger partial charge in [-0.1, -0.05) is 22.0 Å². The number of benzene rings is 1. The molecule has 2 rings (SSSR count). The highest BCUT2D eigenvalue weighted by atomic mass is 79.9. The Morgan fingerprint density at radius 1 is 1.56 bits per heavy atom. The average molecular weight is 281 g/mol. The number of nitrogen functional groups attached to an aromatic ring is 1. The van der Waals surface area contributed by atoms with Gasteiger partial charge in [0.05, 0.1) is 11.4 Å². The molecule has 0 radical (unpaired) electrons. The molecule has 2 N–H and O–H groups in total. The van der Waals surface area contributed by atoms with Gasteiger partial charge in [-0.2, -0.15) is 0 Å². The maximum atomic E-state index is 11.8. The number of nitrogens with zero attached hydrogens (tertiary/aromatic N) is 1. The third-order valence-electron chi connectivity index (χ3n) is 2.77. The Balaban J connectivity index is 2.31. The van der Waals surface area contributed by atoms with Gasteiger partial charge >= 0.3 is 0 Å². The molecule has 0 aliphatic carbocycles. The topological polar surface area (TPSA) is 46.3 Å². The lowest BCUT2D eigenvalue weighted by molar-refractivity contribution is -0.117. The first-order chi connectivity index (χ1) is 7.61. The molecule has 1 heterocycles. The fraction of sp³-hybridized carbons (Fsp3) is 0.250. The molecule has 1 aliphatic heterocycles. The minimum Gasteiger partial charge on any atom is -0.397 e. The summed E-state index contributed by atoms with van der Waals surface area (Å²) in [5.41, 5.74) is 7.31. The van der Waals surface area contributed by atoms with Crippen molar-refractivity contribution in [3.05, 3.63) is 35.3 Å². The Morgan fingerprint density at radius 2 is 2.31 bits per heavy atom. The highest BCUT2D eigenvalue weighted by molar-refractivity contribution is 9.10. The van der Waals surface area contributed by atoms with E-state index in [2.05, 4.69) is 22.5 Å². The van der Waals surface area contributed by atoms with Crippen molar-refractivity contribution in [1.29, 1.82) is 0 Å². The molecule has 1 aromatic carbocycles. The van der Waals surface area contributed by atoms with Crippen LogP contribution in [0.3, 0.4) is 0 Å². The summed E-state index contributed by atoms with van der Waals surface area (Å²) >= 11 is 3.35. The van der Waals surface area contributed by atoms with Crippen molar-refractivity contribution in [2.45, 2.75) is 6.42 Å². The van der Waals surface area contributed by atoms with Crippen LogP contribution in [0.4, 0.5) is 11.4 Å². The highest BCUT2D eigenvalue weighted by Gasteiger charge is 2.29. The normalized spacial score (nSPS) is 20.2. The number of anilines is 2. The molecule has 1 saturated heterocycles. The smallest absolute Gasteiger partial charge is 0.227 e. The number of carbonyl (C=O) groups excluding carboxylic acids is 1. The molecule has 0 aromatic heterocycles. The van der Waals surface area contributed by atoms with Gasteiger partial charge in [-0.3, -0.25) is 4.79 Å². The Labute approximate surface area is 103 Å². The van der Waals surface area contributed by atoms with Crippen molar-refractivity contribution in [1.82, 2.24) is 0 Å². The molecule has 16 heavy (non-hydrogen) atoms. The number of nitrogens with two attached hydrogens (primary N) is 1. The first kappa shape index (κ1) is 11.2. The van der Waals surface area contributed by atoms with E-state index in [1.165, 1.54) is 0 Å². The second-order valence-corrected chi connectivity index (χ2v) is 4.82. The fourth-order valence-corrected chi connectivity index (χ4v) is 2.28. The molecule has 1 atom stereocenters. The number of amides is 1. The molecular weight excluding hydrogens is 268 g/mol. The van der Waals surface area contributed by atoms with E-state index in [1.54, 1.807) is 4.90 Å². The number of hydrogen-bond donors (Lipinski definition) is 1. The van der Waals surface area contributed by atoms with Crippen molar-refractivity contribution < 1.29 is 4.79 Å². The zero-order valence-corrected chi connectivity index (χ0v) is 10.4. The Morgan fingerprint density at radius 3 is 2.88 bits per heavy atom. The molecule has 84 valence electrons. The third kappa shape index (κ3) is 1.97. The first-order valence-corrected chi connectivity index (χ1v) is 5.89. The highest BCUT2D eigenvalue weighted by Crippen LogP contribution is 2.31. The van der Waals surface area contributed by atoms with Gasteiger partial charge in [0.25, 0.3) is 0 Å². The molecule has 0 bridgehead atoms. The average Bonchev–Trinajstić information content (AvgIpc) is 2.60. The van der Waals surface area contributed by atoms with E-state index in [0.29, 0.717) is 18.7 Å². The van der Waals surface area contributed by atoms with E-state index in [9.17, 15) is 4.79 Å². The summed E-state index contributed by atoms with van der Waals surface area (Å²) < 4.78 is 0.917. The zero-order valence-electron chi connectivity index (χ0n) is 8.82. The van der Waals surface area contributed by atoms with E-state index in [4.69, 9.17) is 5.73 Å². The lowest BCUT2D eigenvalue weighted by Gasteiger charge is -2.18. The number of rotatable bonds is 2. The summed E-state index contributed by atoms with van der Waals surface area (Å²) in [5, 5.41) is 0. The molecule has 4 heteroatoms. The first-order valence-electron chi connectivity index (χ1n) is 5.09. The number of carbonyl (C=O) groups is 1. The monoisotopic (exact) mass is 280 g/mol. The van der Waals surface area contributed by atoms with Crippen LogP contribution in [0.1, 0.15) is 6.42 Å². The largest absolute Gasteiger partial charge is 0.397 e. The van der Waals surface area contributed by atoms with E-state index < -0.39 is 0 Å². The lowest BCUT2D eigenvalue weighted by atomic mass is 10.1. The van der Waals surface area contributed by atoms with Gasteiger partial charge in [0.2, 0.25) is 5.91 Å². The van der Waals surface area contributed by atoms with E-state index >= 15 is 0 Å². The standard InChI is InChI=1S/C12H13BrN2O/c1-2-8-5-12(16)15(7-8)11-4-3-9(13)6-10(11)14/h2-4,6,8H,1,5,7,14H2. The van der Waals surface area contributed by atoms with Gasteiger partial charge in [0.15, 0.2) is 0 Å². The Hall–Kier alpha value is -1.29. The fourth-order valence-electron chi connectivity index (χ4n) is 1.90. The summed E-state index contributed by atoms with van der Waals surface area (Å²) in [6.45, 7) is 4.40. The van der Waals surface area contributed by atoms with Crippen LogP contribution in [0.15, 0.2) is 35.3 Å². The van der Waals surface area contributed by atoms with Crippen LogP contribution in [0, 0.1) is 5.92 Å². The van der Waals surface area contributed by atoms with Crippen LogP contribution in [-0.4, -0.2) is 12.5 Å². The lowest BCUT2D eigenvalue weighted by Crippen LogP contribution is -2.25. The predicted molar refractivity (Wildman–Crippen MR) is 69.2 cm³/mol. The summed E-state index contributed by atoms with van der Waals surface area (Å²) in [5.74, 6) is 0.342. The molecule has 1 unspecified atom stereocenters. The zero-order chi connectivity index (χ0) is 11.7. The van der Waals surface area contributed by atoms with Gasteiger partial charge in [0.1, 0.15) is 0 Å². The summed E-state index contributed by atoms with van der Waals surface area (Å²) in [4.78, 5) is 13.5. The second kappa shape index (κ2) is 4.29. The molecule has 0 spiro atoms. The summed E-state index contributed by atoms with van der Waals surface area (Å²) in [6, 6.07) is 5.56. The molecular formula is C12H13BrN2O. The maximum absolute atomic E-state index is 11.8. The van der Waals surface area contributed by atoms with Crippen molar-refractivity contribution >= 4 is 33.2 Å². The van der Waals surface area contributed by atoms with Crippen LogP contribution < -0.4 is 10.6 Å². The van der Waals surface area contributed by atoms with Crippen LogP contribution in [0.2, 0.25) is 0 Å². The van der Waals surface area contributed by atoms with Crippen LogP contribution in [0.25, 0.3) is 0 Å². The Kier molecular flexibility index (Phi) is 3.01. The van der Waals surface area contributed by atoms with E-state index in [-0.39, 0.29) is 11.8 Å². The van der Waals surface area contributed by atoms with Crippen LogP contribution in [-0.2, 0) is 4.79 Å². The molecule has 1 aromatic rings. The van der Waals surface area contributed by atoms with E-state index in [0.717, 1.165) is 10.2 Å². The minimum atomic E-state index is 0.110. The minimum absolute atomic E-state index is 0.110. The molecule has 3 nitrogen and oxygen atoms in total. The van der Waals surface area contributed by atoms with Crippen LogP contribution in [0.5, 0.6) is 0 Å². The Bertz CT molecular complexity index is 445. The van der Waals surface area contributed by atoms with Crippen molar-refractivity contribution in [2.24, 2.45) is 5.92 Å². The predicted octanol–water partition coefficient (Wildman–Crippen LogP) is 2.57. The third-order valence-corrected chi connectivity index (χ3v) is 3.26. The van der Waals surface area contributed by atoms with E-state index in [1.807, 2.05) is 24.3 Å². The van der Waals surface area contributed by atoms with Crippen molar-refractivity contribution in [3.8, 4) is 0 Å². The quantitative estimate of drug-likeness (QED) is 0.669. The van der Waals surface area contributed by atoms with Crippen LogP contribution >= 0.6 is 15.9 Å². The summed E-state index contributed by atoms with van der Waals surface area (Å²) in [7, 11) is 0. The number of hydrogen-bond acceptors (Lipinski definition) is 2. The molecule has 1 aliphatic rings. The van der Waals surface area contributed by atoms with Crippen molar-refractivity contribution in [2.75, 3.05) is 17.2 Å². The SMILES string of the molecule is C=CC1CC(=O)N(c2ccc(Br)cc2N)C1. The maximum Gasteiger partial charge on any atom is 0.227 e. The summed E-state index contributed by atoms with van der Waals surface area (Å²) in [6.07, 6.45) is 2.35. The molecule has 1 amide bonds.